The summed E-state index contributed by atoms with van der Waals surface area (Å²) >= 11 is 0. The lowest BCUT2D eigenvalue weighted by molar-refractivity contribution is 0.181. The minimum absolute atomic E-state index is 0.212. The second kappa shape index (κ2) is 5.19. The van der Waals surface area contributed by atoms with Gasteiger partial charge in [0.2, 0.25) is 0 Å². The van der Waals surface area contributed by atoms with Gasteiger partial charge in [0.1, 0.15) is 0 Å². The molecule has 0 radical (unpaired) electrons. The fourth-order valence-corrected chi connectivity index (χ4v) is 2.72. The first-order valence-electron chi connectivity index (χ1n) is 6.59. The highest BCUT2D eigenvalue weighted by Gasteiger charge is 2.28. The highest BCUT2D eigenvalue weighted by molar-refractivity contribution is 5.38. The van der Waals surface area contributed by atoms with E-state index in [9.17, 15) is 5.11 Å². The zero-order valence-corrected chi connectivity index (χ0v) is 11.0. The van der Waals surface area contributed by atoms with Gasteiger partial charge in [0.15, 0.2) is 0 Å². The van der Waals surface area contributed by atoms with E-state index in [4.69, 9.17) is 0 Å². The van der Waals surface area contributed by atoms with Crippen LogP contribution in [0.3, 0.4) is 0 Å². The standard InChI is InChI=1S/C15H23NO/c1-10-4-5-13-9-11(2)15(14(13)8-10)16-7-6-12(3)17/h4-5,8,11-12,15-17H,6-7,9H2,1-3H3. The second-order valence-corrected chi connectivity index (χ2v) is 5.45. The van der Waals surface area contributed by atoms with Crippen molar-refractivity contribution in [1.29, 1.82) is 0 Å². The zero-order valence-electron chi connectivity index (χ0n) is 11.0. The molecule has 0 heterocycles. The van der Waals surface area contributed by atoms with Gasteiger partial charge in [0.25, 0.3) is 0 Å². The SMILES string of the molecule is Cc1ccc2c(c1)C(NCCC(C)O)C(C)C2. The molecule has 1 aromatic carbocycles. The molecule has 3 unspecified atom stereocenters. The number of hydrogen-bond donors (Lipinski definition) is 2. The van der Waals surface area contributed by atoms with Crippen LogP contribution in [0.15, 0.2) is 18.2 Å². The maximum Gasteiger partial charge on any atom is 0.0524 e. The van der Waals surface area contributed by atoms with Crippen molar-refractivity contribution in [2.45, 2.75) is 45.8 Å². The fraction of sp³-hybridized carbons (Fsp3) is 0.600. The third-order valence-corrected chi connectivity index (χ3v) is 3.67. The molecule has 2 heteroatoms. The summed E-state index contributed by atoms with van der Waals surface area (Å²) in [5.74, 6) is 0.654. The van der Waals surface area contributed by atoms with Gasteiger partial charge in [0.05, 0.1) is 6.10 Å². The average molecular weight is 233 g/mol. The summed E-state index contributed by atoms with van der Waals surface area (Å²) in [6, 6.07) is 7.23. The summed E-state index contributed by atoms with van der Waals surface area (Å²) in [5.41, 5.74) is 4.28. The molecular formula is C15H23NO. The Balaban J connectivity index is 2.06. The molecule has 2 N–H and O–H groups in total. The van der Waals surface area contributed by atoms with Crippen LogP contribution in [0.5, 0.6) is 0 Å². The van der Waals surface area contributed by atoms with E-state index in [-0.39, 0.29) is 6.10 Å². The Morgan fingerprint density at radius 1 is 1.47 bits per heavy atom. The van der Waals surface area contributed by atoms with Gasteiger partial charge in [-0.05, 0) is 50.3 Å². The molecule has 0 amide bonds. The van der Waals surface area contributed by atoms with Crippen molar-refractivity contribution in [2.24, 2.45) is 5.92 Å². The van der Waals surface area contributed by atoms with Crippen molar-refractivity contribution < 1.29 is 5.11 Å². The van der Waals surface area contributed by atoms with Crippen molar-refractivity contribution in [3.05, 3.63) is 34.9 Å². The highest BCUT2D eigenvalue weighted by Crippen LogP contribution is 2.36. The average Bonchev–Trinajstić information content (AvgIpc) is 2.55. The Bertz CT molecular complexity index is 387. The summed E-state index contributed by atoms with van der Waals surface area (Å²) < 4.78 is 0. The van der Waals surface area contributed by atoms with Crippen LogP contribution in [-0.2, 0) is 6.42 Å². The predicted octanol–water partition coefficient (Wildman–Crippen LogP) is 2.59. The summed E-state index contributed by atoms with van der Waals surface area (Å²) in [5, 5.41) is 12.9. The third kappa shape index (κ3) is 2.88. The lowest BCUT2D eigenvalue weighted by Crippen LogP contribution is -2.26. The minimum Gasteiger partial charge on any atom is -0.393 e. The van der Waals surface area contributed by atoms with Crippen molar-refractivity contribution in [3.8, 4) is 0 Å². The predicted molar refractivity (Wildman–Crippen MR) is 71.1 cm³/mol. The molecule has 3 atom stereocenters. The maximum absolute atomic E-state index is 9.29. The van der Waals surface area contributed by atoms with Crippen molar-refractivity contribution >= 4 is 0 Å². The van der Waals surface area contributed by atoms with Gasteiger partial charge in [-0.2, -0.15) is 0 Å². The van der Waals surface area contributed by atoms with Crippen LogP contribution in [0.25, 0.3) is 0 Å². The molecule has 0 bridgehead atoms. The van der Waals surface area contributed by atoms with E-state index >= 15 is 0 Å². The van der Waals surface area contributed by atoms with E-state index in [1.807, 2.05) is 6.92 Å². The van der Waals surface area contributed by atoms with Gasteiger partial charge >= 0.3 is 0 Å². The maximum atomic E-state index is 9.29. The van der Waals surface area contributed by atoms with Gasteiger partial charge in [-0.25, -0.2) is 0 Å². The normalized spacial score (nSPS) is 24.7. The molecule has 17 heavy (non-hydrogen) atoms. The van der Waals surface area contributed by atoms with Crippen LogP contribution in [0.2, 0.25) is 0 Å². The highest BCUT2D eigenvalue weighted by atomic mass is 16.3. The first-order valence-corrected chi connectivity index (χ1v) is 6.59. The van der Waals surface area contributed by atoms with Gasteiger partial charge in [-0.1, -0.05) is 30.7 Å². The van der Waals surface area contributed by atoms with E-state index in [0.717, 1.165) is 13.0 Å². The number of aliphatic hydroxyl groups is 1. The van der Waals surface area contributed by atoms with Crippen molar-refractivity contribution in [3.63, 3.8) is 0 Å². The minimum atomic E-state index is -0.212. The van der Waals surface area contributed by atoms with Crippen LogP contribution in [-0.4, -0.2) is 17.8 Å². The molecule has 0 aromatic heterocycles. The Morgan fingerprint density at radius 3 is 2.94 bits per heavy atom. The number of benzene rings is 1. The molecule has 0 aliphatic heterocycles. The van der Waals surface area contributed by atoms with Gasteiger partial charge in [-0.15, -0.1) is 0 Å². The van der Waals surface area contributed by atoms with E-state index in [2.05, 4.69) is 37.4 Å². The molecular weight excluding hydrogens is 210 g/mol. The molecule has 0 saturated heterocycles. The number of nitrogens with one attached hydrogen (secondary N) is 1. The molecule has 1 aliphatic carbocycles. The fourth-order valence-electron chi connectivity index (χ4n) is 2.72. The summed E-state index contributed by atoms with van der Waals surface area (Å²) in [7, 11) is 0. The molecule has 0 fully saturated rings. The molecule has 2 rings (SSSR count). The summed E-state index contributed by atoms with van der Waals surface area (Å²) in [6.45, 7) is 7.18. The van der Waals surface area contributed by atoms with E-state index in [1.165, 1.54) is 23.1 Å². The topological polar surface area (TPSA) is 32.3 Å². The molecule has 94 valence electrons. The first-order chi connectivity index (χ1) is 8.08. The number of fused-ring (bicyclic) bond motifs is 1. The van der Waals surface area contributed by atoms with Gasteiger partial charge in [0, 0.05) is 6.04 Å². The van der Waals surface area contributed by atoms with Crippen LogP contribution >= 0.6 is 0 Å². The Morgan fingerprint density at radius 2 is 2.24 bits per heavy atom. The smallest absolute Gasteiger partial charge is 0.0524 e. The molecule has 2 nitrogen and oxygen atoms in total. The van der Waals surface area contributed by atoms with Crippen LogP contribution in [0, 0.1) is 12.8 Å². The quantitative estimate of drug-likeness (QED) is 0.838. The first kappa shape index (κ1) is 12.6. The Labute approximate surface area is 104 Å². The Hall–Kier alpha value is -0.860. The lowest BCUT2D eigenvalue weighted by Gasteiger charge is -2.19. The monoisotopic (exact) mass is 233 g/mol. The van der Waals surface area contributed by atoms with Crippen molar-refractivity contribution in [1.82, 2.24) is 5.32 Å². The van der Waals surface area contributed by atoms with Crippen LogP contribution < -0.4 is 5.32 Å². The summed E-state index contributed by atoms with van der Waals surface area (Å²) in [4.78, 5) is 0. The number of aryl methyl sites for hydroxylation is 1. The Kier molecular flexibility index (Phi) is 3.85. The molecule has 1 aromatic rings. The van der Waals surface area contributed by atoms with E-state index in [0.29, 0.717) is 12.0 Å². The van der Waals surface area contributed by atoms with Crippen LogP contribution in [0.1, 0.15) is 43.0 Å². The molecule has 0 saturated carbocycles. The number of aliphatic hydroxyl groups excluding tert-OH is 1. The second-order valence-electron chi connectivity index (χ2n) is 5.45. The van der Waals surface area contributed by atoms with E-state index in [1.54, 1.807) is 0 Å². The zero-order chi connectivity index (χ0) is 12.4. The number of rotatable bonds is 4. The van der Waals surface area contributed by atoms with Gasteiger partial charge in [-0.3, -0.25) is 0 Å². The molecule has 0 spiro atoms. The summed E-state index contributed by atoms with van der Waals surface area (Å²) in [6.07, 6.45) is 1.78. The molecule has 1 aliphatic rings. The number of hydrogen-bond acceptors (Lipinski definition) is 2. The largest absolute Gasteiger partial charge is 0.393 e. The van der Waals surface area contributed by atoms with E-state index < -0.39 is 0 Å². The van der Waals surface area contributed by atoms with Crippen molar-refractivity contribution in [2.75, 3.05) is 6.54 Å². The lowest BCUT2D eigenvalue weighted by atomic mass is 10.0. The van der Waals surface area contributed by atoms with Crippen LogP contribution in [0.4, 0.5) is 0 Å². The third-order valence-electron chi connectivity index (χ3n) is 3.67. The van der Waals surface area contributed by atoms with Gasteiger partial charge < -0.3 is 10.4 Å².